The SMILES string of the molecule is Cc1ccc(N2C(=O)NC(=O)/C(=C/c3ccc(-c4ccc(Cl)c([N+](=O)[O-])c4)o3)C2=O)cc1C. The Kier molecular flexibility index (Phi) is 5.57. The van der Waals surface area contributed by atoms with Crippen molar-refractivity contribution in [3.05, 3.63) is 86.1 Å². The van der Waals surface area contributed by atoms with E-state index in [-0.39, 0.29) is 27.8 Å². The molecule has 33 heavy (non-hydrogen) atoms. The van der Waals surface area contributed by atoms with Gasteiger partial charge in [0.25, 0.3) is 17.5 Å². The first kappa shape index (κ1) is 22.0. The monoisotopic (exact) mass is 465 g/mol. The maximum Gasteiger partial charge on any atom is 0.335 e. The highest BCUT2D eigenvalue weighted by Crippen LogP contribution is 2.32. The van der Waals surface area contributed by atoms with Gasteiger partial charge in [0.2, 0.25) is 0 Å². The summed E-state index contributed by atoms with van der Waals surface area (Å²) in [6, 6.07) is 11.4. The summed E-state index contributed by atoms with van der Waals surface area (Å²) < 4.78 is 5.67. The molecular weight excluding hydrogens is 450 g/mol. The van der Waals surface area contributed by atoms with E-state index in [0.29, 0.717) is 11.3 Å². The summed E-state index contributed by atoms with van der Waals surface area (Å²) in [5, 5.41) is 13.3. The van der Waals surface area contributed by atoms with Crippen LogP contribution in [0.4, 0.5) is 16.2 Å². The van der Waals surface area contributed by atoms with Crippen LogP contribution in [0.5, 0.6) is 0 Å². The third-order valence-corrected chi connectivity index (χ3v) is 5.51. The number of nitrogens with one attached hydrogen (secondary N) is 1. The van der Waals surface area contributed by atoms with Crippen LogP contribution in [0.15, 0.2) is 58.5 Å². The summed E-state index contributed by atoms with van der Waals surface area (Å²) in [5.41, 5.74) is 2.00. The second-order valence-electron chi connectivity index (χ2n) is 7.35. The van der Waals surface area contributed by atoms with E-state index in [2.05, 4.69) is 5.32 Å². The zero-order valence-corrected chi connectivity index (χ0v) is 18.2. The van der Waals surface area contributed by atoms with E-state index in [1.807, 2.05) is 13.8 Å². The average Bonchev–Trinajstić information content (AvgIpc) is 3.22. The molecule has 4 amide bonds. The molecule has 1 saturated heterocycles. The largest absolute Gasteiger partial charge is 0.457 e. The number of furan rings is 1. The molecule has 166 valence electrons. The maximum atomic E-state index is 13.0. The molecular formula is C23H16ClN3O6. The molecule has 9 nitrogen and oxygen atoms in total. The Bertz CT molecular complexity index is 1370. The van der Waals surface area contributed by atoms with Crippen LogP contribution < -0.4 is 10.2 Å². The molecule has 2 aromatic carbocycles. The highest BCUT2D eigenvalue weighted by atomic mass is 35.5. The number of benzene rings is 2. The number of aryl methyl sites for hydroxylation is 2. The third-order valence-electron chi connectivity index (χ3n) is 5.19. The zero-order valence-electron chi connectivity index (χ0n) is 17.4. The van der Waals surface area contributed by atoms with Crippen molar-refractivity contribution in [2.75, 3.05) is 4.90 Å². The fourth-order valence-electron chi connectivity index (χ4n) is 3.29. The van der Waals surface area contributed by atoms with Gasteiger partial charge in [-0.25, -0.2) is 9.69 Å². The van der Waals surface area contributed by atoms with Gasteiger partial charge in [-0.15, -0.1) is 0 Å². The molecule has 3 aromatic rings. The Hall–Kier alpha value is -4.24. The van der Waals surface area contributed by atoms with Gasteiger partial charge < -0.3 is 4.42 Å². The number of nitro benzene ring substituents is 1. The minimum Gasteiger partial charge on any atom is -0.457 e. The molecule has 0 spiro atoms. The standard InChI is InChI=1S/C23H16ClN3O6/c1-12-3-5-15(9-13(12)2)26-22(29)17(21(28)25-23(26)30)11-16-6-8-20(33-16)14-4-7-18(24)19(10-14)27(31)32/h3-11H,1-2H3,(H,25,28,30)/b17-11-. The smallest absolute Gasteiger partial charge is 0.335 e. The van der Waals surface area contributed by atoms with Crippen LogP contribution in [-0.2, 0) is 9.59 Å². The van der Waals surface area contributed by atoms with Crippen molar-refractivity contribution in [2.24, 2.45) is 0 Å². The Morgan fingerprint density at radius 2 is 1.79 bits per heavy atom. The van der Waals surface area contributed by atoms with E-state index < -0.39 is 22.8 Å². The normalized spacial score (nSPS) is 15.2. The van der Waals surface area contributed by atoms with E-state index in [9.17, 15) is 24.5 Å². The lowest BCUT2D eigenvalue weighted by Crippen LogP contribution is -2.54. The van der Waals surface area contributed by atoms with E-state index >= 15 is 0 Å². The van der Waals surface area contributed by atoms with Gasteiger partial charge in [0.15, 0.2) is 0 Å². The van der Waals surface area contributed by atoms with Crippen molar-refractivity contribution in [1.82, 2.24) is 5.32 Å². The van der Waals surface area contributed by atoms with Crippen LogP contribution in [0.25, 0.3) is 17.4 Å². The molecule has 1 aliphatic rings. The average molecular weight is 466 g/mol. The van der Waals surface area contributed by atoms with Crippen LogP contribution in [0.2, 0.25) is 5.02 Å². The Balaban J connectivity index is 1.68. The fourth-order valence-corrected chi connectivity index (χ4v) is 3.48. The van der Waals surface area contributed by atoms with Crippen molar-refractivity contribution in [2.45, 2.75) is 13.8 Å². The summed E-state index contributed by atoms with van der Waals surface area (Å²) in [4.78, 5) is 49.2. The summed E-state index contributed by atoms with van der Waals surface area (Å²) in [5.74, 6) is -1.24. The molecule has 1 aromatic heterocycles. The van der Waals surface area contributed by atoms with Crippen molar-refractivity contribution in [1.29, 1.82) is 0 Å². The van der Waals surface area contributed by atoms with Crippen LogP contribution >= 0.6 is 11.6 Å². The second kappa shape index (κ2) is 8.36. The van der Waals surface area contributed by atoms with Gasteiger partial charge in [0, 0.05) is 11.6 Å². The van der Waals surface area contributed by atoms with Gasteiger partial charge in [0.1, 0.15) is 22.1 Å². The Labute approximate surface area is 192 Å². The Morgan fingerprint density at radius 3 is 2.48 bits per heavy atom. The molecule has 1 N–H and O–H groups in total. The summed E-state index contributed by atoms with van der Waals surface area (Å²) >= 11 is 5.84. The third kappa shape index (κ3) is 4.13. The summed E-state index contributed by atoms with van der Waals surface area (Å²) in [7, 11) is 0. The number of nitro groups is 1. The highest BCUT2D eigenvalue weighted by Gasteiger charge is 2.37. The van der Waals surface area contributed by atoms with Gasteiger partial charge in [-0.1, -0.05) is 17.7 Å². The predicted molar refractivity (Wildman–Crippen MR) is 121 cm³/mol. The number of anilines is 1. The number of rotatable bonds is 4. The number of carbonyl (C=O) groups excluding carboxylic acids is 3. The Morgan fingerprint density at radius 1 is 1.03 bits per heavy atom. The number of halogens is 1. The van der Waals surface area contributed by atoms with Gasteiger partial charge in [0.05, 0.1) is 10.6 Å². The van der Waals surface area contributed by atoms with Gasteiger partial charge in [-0.05, 0) is 67.4 Å². The number of urea groups is 1. The minimum absolute atomic E-state index is 0.0155. The summed E-state index contributed by atoms with van der Waals surface area (Å²) in [6.07, 6.45) is 1.21. The quantitative estimate of drug-likeness (QED) is 0.256. The first-order valence-corrected chi connectivity index (χ1v) is 10.1. The number of hydrogen-bond acceptors (Lipinski definition) is 6. The van der Waals surface area contributed by atoms with Crippen molar-refractivity contribution >= 4 is 46.9 Å². The molecule has 1 aliphatic heterocycles. The van der Waals surface area contributed by atoms with Crippen molar-refractivity contribution < 1.29 is 23.7 Å². The number of carbonyl (C=O) groups is 3. The zero-order chi connectivity index (χ0) is 23.9. The number of nitrogens with zero attached hydrogens (tertiary/aromatic N) is 2. The van der Waals surface area contributed by atoms with Crippen molar-refractivity contribution in [3.63, 3.8) is 0 Å². The van der Waals surface area contributed by atoms with E-state index in [4.69, 9.17) is 16.0 Å². The second-order valence-corrected chi connectivity index (χ2v) is 7.76. The molecule has 0 radical (unpaired) electrons. The predicted octanol–water partition coefficient (Wildman–Crippen LogP) is 4.79. The number of barbiturate groups is 1. The topological polar surface area (TPSA) is 123 Å². The number of hydrogen-bond donors (Lipinski definition) is 1. The molecule has 4 rings (SSSR count). The van der Waals surface area contributed by atoms with Crippen LogP contribution in [-0.4, -0.2) is 22.8 Å². The number of amides is 4. The fraction of sp³-hybridized carbons (Fsp3) is 0.0870. The van der Waals surface area contributed by atoms with Crippen molar-refractivity contribution in [3.8, 4) is 11.3 Å². The first-order chi connectivity index (χ1) is 15.7. The molecule has 0 aliphatic carbocycles. The van der Waals surface area contributed by atoms with E-state index in [1.54, 1.807) is 24.3 Å². The molecule has 0 unspecified atom stereocenters. The van der Waals surface area contributed by atoms with E-state index in [1.165, 1.54) is 30.3 Å². The van der Waals surface area contributed by atoms with Crippen LogP contribution in [0.3, 0.4) is 0 Å². The molecule has 0 saturated carbocycles. The van der Waals surface area contributed by atoms with Crippen LogP contribution in [0, 0.1) is 24.0 Å². The molecule has 2 heterocycles. The van der Waals surface area contributed by atoms with Gasteiger partial charge >= 0.3 is 6.03 Å². The highest BCUT2D eigenvalue weighted by molar-refractivity contribution is 6.39. The van der Waals surface area contributed by atoms with Crippen LogP contribution in [0.1, 0.15) is 16.9 Å². The van der Waals surface area contributed by atoms with Gasteiger partial charge in [-0.3, -0.25) is 25.0 Å². The lowest BCUT2D eigenvalue weighted by Gasteiger charge is -2.26. The lowest BCUT2D eigenvalue weighted by molar-refractivity contribution is -0.384. The van der Waals surface area contributed by atoms with Gasteiger partial charge in [-0.2, -0.15) is 0 Å². The molecule has 0 bridgehead atoms. The molecule has 1 fully saturated rings. The molecule has 10 heteroatoms. The maximum absolute atomic E-state index is 13.0. The first-order valence-electron chi connectivity index (χ1n) is 9.68. The number of imide groups is 2. The van der Waals surface area contributed by atoms with E-state index in [0.717, 1.165) is 16.0 Å². The minimum atomic E-state index is -0.856. The summed E-state index contributed by atoms with van der Waals surface area (Å²) in [6.45, 7) is 3.74. The lowest BCUT2D eigenvalue weighted by atomic mass is 10.1. The molecule has 0 atom stereocenters.